The highest BCUT2D eigenvalue weighted by Gasteiger charge is 2.17. The van der Waals surface area contributed by atoms with Gasteiger partial charge in [-0.1, -0.05) is 13.8 Å². The number of anilines is 2. The predicted octanol–water partition coefficient (Wildman–Crippen LogP) is 2.05. The lowest BCUT2D eigenvalue weighted by Crippen LogP contribution is -2.37. The van der Waals surface area contributed by atoms with Gasteiger partial charge in [-0.3, -0.25) is 0 Å². The van der Waals surface area contributed by atoms with Crippen LogP contribution in [0.5, 0.6) is 0 Å². The van der Waals surface area contributed by atoms with Crippen LogP contribution in [0.2, 0.25) is 0 Å². The molecule has 0 bridgehead atoms. The molecular weight excluding hydrogens is 245 g/mol. The first-order valence-electron chi connectivity index (χ1n) is 6.61. The summed E-state index contributed by atoms with van der Waals surface area (Å²) in [5, 5.41) is 6.15. The Morgan fingerprint density at radius 3 is 2.58 bits per heavy atom. The van der Waals surface area contributed by atoms with Crippen LogP contribution in [0, 0.1) is 11.7 Å². The van der Waals surface area contributed by atoms with Gasteiger partial charge in [-0.05, 0) is 26.9 Å². The maximum absolute atomic E-state index is 13.7. The van der Waals surface area contributed by atoms with Crippen molar-refractivity contribution in [2.45, 2.75) is 26.8 Å². The second kappa shape index (κ2) is 7.23. The Balaban J connectivity index is 2.85. The third kappa shape index (κ3) is 4.98. The molecular formula is C13H24FN5. The first-order valence-corrected chi connectivity index (χ1v) is 6.61. The van der Waals surface area contributed by atoms with E-state index in [9.17, 15) is 4.39 Å². The van der Waals surface area contributed by atoms with Crippen molar-refractivity contribution in [1.29, 1.82) is 0 Å². The number of nitrogens with zero attached hydrogens (tertiary/aromatic N) is 3. The summed E-state index contributed by atoms with van der Waals surface area (Å²) >= 11 is 0. The third-order valence-electron chi connectivity index (χ3n) is 2.77. The van der Waals surface area contributed by atoms with E-state index in [-0.39, 0.29) is 11.9 Å². The molecule has 0 radical (unpaired) electrons. The van der Waals surface area contributed by atoms with Gasteiger partial charge in [0, 0.05) is 19.1 Å². The summed E-state index contributed by atoms with van der Waals surface area (Å²) in [6, 6.07) is 0.133. The maximum Gasteiger partial charge on any atom is 0.224 e. The topological polar surface area (TPSA) is 53.1 Å². The molecule has 1 heterocycles. The lowest BCUT2D eigenvalue weighted by Gasteiger charge is -2.26. The van der Waals surface area contributed by atoms with Crippen molar-refractivity contribution in [3.8, 4) is 0 Å². The predicted molar refractivity (Wildman–Crippen MR) is 77.0 cm³/mol. The molecule has 0 amide bonds. The number of halogens is 1. The van der Waals surface area contributed by atoms with Gasteiger partial charge in [0.15, 0.2) is 11.6 Å². The number of nitrogens with one attached hydrogen (secondary N) is 2. The van der Waals surface area contributed by atoms with Crippen molar-refractivity contribution in [2.75, 3.05) is 37.8 Å². The zero-order valence-corrected chi connectivity index (χ0v) is 12.4. The molecule has 0 aliphatic rings. The molecule has 5 nitrogen and oxygen atoms in total. The third-order valence-corrected chi connectivity index (χ3v) is 2.77. The van der Waals surface area contributed by atoms with Crippen molar-refractivity contribution in [2.24, 2.45) is 5.92 Å². The van der Waals surface area contributed by atoms with E-state index in [1.807, 2.05) is 21.0 Å². The minimum absolute atomic E-state index is 0.133. The molecule has 108 valence electrons. The monoisotopic (exact) mass is 269 g/mol. The summed E-state index contributed by atoms with van der Waals surface area (Å²) in [5.41, 5.74) is 0. The molecule has 1 aromatic rings. The van der Waals surface area contributed by atoms with Gasteiger partial charge in [0.25, 0.3) is 0 Å². The second-order valence-corrected chi connectivity index (χ2v) is 5.18. The van der Waals surface area contributed by atoms with Gasteiger partial charge in [-0.2, -0.15) is 4.98 Å². The molecule has 0 aromatic carbocycles. The first kappa shape index (κ1) is 15.6. The molecule has 1 rings (SSSR count). The van der Waals surface area contributed by atoms with E-state index in [1.165, 1.54) is 6.20 Å². The van der Waals surface area contributed by atoms with Gasteiger partial charge in [0.05, 0.1) is 6.20 Å². The quantitative estimate of drug-likeness (QED) is 0.793. The van der Waals surface area contributed by atoms with E-state index < -0.39 is 5.82 Å². The molecule has 0 fully saturated rings. The van der Waals surface area contributed by atoms with E-state index in [2.05, 4.69) is 39.3 Å². The minimum Gasteiger partial charge on any atom is -0.363 e. The summed E-state index contributed by atoms with van der Waals surface area (Å²) in [5.74, 6) is 0.649. The average Bonchev–Trinajstić information content (AvgIpc) is 2.32. The Labute approximate surface area is 114 Å². The van der Waals surface area contributed by atoms with Crippen LogP contribution < -0.4 is 10.6 Å². The van der Waals surface area contributed by atoms with Gasteiger partial charge in [0.1, 0.15) is 0 Å². The molecule has 6 heteroatoms. The number of likely N-dealkylation sites (N-methyl/N-ethyl adjacent to an activating group) is 1. The zero-order chi connectivity index (χ0) is 14.4. The summed E-state index contributed by atoms with van der Waals surface area (Å²) in [6.45, 7) is 7.67. The summed E-state index contributed by atoms with van der Waals surface area (Å²) in [7, 11) is 3.99. The molecule has 19 heavy (non-hydrogen) atoms. The number of hydrogen-bond acceptors (Lipinski definition) is 5. The number of rotatable bonds is 7. The standard InChI is InChI=1S/C13H24FN5/c1-6-15-13-16-7-10(14)12(18-13)17-11(9(2)3)8-19(4)5/h7,9,11H,6,8H2,1-5H3,(H2,15,16,17,18). The Morgan fingerprint density at radius 1 is 1.37 bits per heavy atom. The molecule has 0 saturated carbocycles. The average molecular weight is 269 g/mol. The van der Waals surface area contributed by atoms with Crippen molar-refractivity contribution in [3.05, 3.63) is 12.0 Å². The SMILES string of the molecule is CCNc1ncc(F)c(NC(CN(C)C)C(C)C)n1. The van der Waals surface area contributed by atoms with E-state index >= 15 is 0 Å². The van der Waals surface area contributed by atoms with E-state index in [0.717, 1.165) is 6.54 Å². The smallest absolute Gasteiger partial charge is 0.224 e. The lowest BCUT2D eigenvalue weighted by atomic mass is 10.0. The Bertz CT molecular complexity index is 395. The van der Waals surface area contributed by atoms with Crippen LogP contribution in [0.3, 0.4) is 0 Å². The minimum atomic E-state index is -0.425. The van der Waals surface area contributed by atoms with Gasteiger partial charge < -0.3 is 15.5 Å². The van der Waals surface area contributed by atoms with Crippen LogP contribution in [0.1, 0.15) is 20.8 Å². The van der Waals surface area contributed by atoms with Crippen LogP contribution >= 0.6 is 0 Å². The van der Waals surface area contributed by atoms with Gasteiger partial charge in [-0.15, -0.1) is 0 Å². The fourth-order valence-corrected chi connectivity index (χ4v) is 1.70. The van der Waals surface area contributed by atoms with Crippen molar-refractivity contribution < 1.29 is 4.39 Å². The first-order chi connectivity index (χ1) is 8.93. The van der Waals surface area contributed by atoms with Crippen LogP contribution in [0.25, 0.3) is 0 Å². The van der Waals surface area contributed by atoms with E-state index in [1.54, 1.807) is 0 Å². The van der Waals surface area contributed by atoms with Crippen molar-refractivity contribution in [1.82, 2.24) is 14.9 Å². The molecule has 0 aliphatic heterocycles. The summed E-state index contributed by atoms with van der Waals surface area (Å²) in [6.07, 6.45) is 1.19. The Kier molecular flexibility index (Phi) is 5.95. The zero-order valence-electron chi connectivity index (χ0n) is 12.4. The molecule has 0 spiro atoms. The van der Waals surface area contributed by atoms with Crippen LogP contribution in [-0.2, 0) is 0 Å². The van der Waals surface area contributed by atoms with Crippen molar-refractivity contribution in [3.63, 3.8) is 0 Å². The summed E-state index contributed by atoms with van der Waals surface area (Å²) in [4.78, 5) is 10.1. The molecule has 0 saturated heterocycles. The Morgan fingerprint density at radius 2 is 2.05 bits per heavy atom. The molecule has 1 atom stereocenters. The number of aromatic nitrogens is 2. The van der Waals surface area contributed by atoms with Gasteiger partial charge in [-0.25, -0.2) is 9.37 Å². The normalized spacial score (nSPS) is 12.8. The highest BCUT2D eigenvalue weighted by molar-refractivity contribution is 5.42. The largest absolute Gasteiger partial charge is 0.363 e. The molecule has 1 unspecified atom stereocenters. The highest BCUT2D eigenvalue weighted by Crippen LogP contribution is 2.16. The fraction of sp³-hybridized carbons (Fsp3) is 0.692. The Hall–Kier alpha value is -1.43. The van der Waals surface area contributed by atoms with Crippen molar-refractivity contribution >= 4 is 11.8 Å². The van der Waals surface area contributed by atoms with E-state index in [0.29, 0.717) is 18.4 Å². The van der Waals surface area contributed by atoms with Crippen LogP contribution in [-0.4, -0.2) is 48.1 Å². The summed E-state index contributed by atoms with van der Waals surface area (Å²) < 4.78 is 13.7. The van der Waals surface area contributed by atoms with Gasteiger partial charge in [0.2, 0.25) is 5.95 Å². The van der Waals surface area contributed by atoms with E-state index in [4.69, 9.17) is 0 Å². The van der Waals surface area contributed by atoms with Gasteiger partial charge >= 0.3 is 0 Å². The lowest BCUT2D eigenvalue weighted by molar-refractivity contribution is 0.343. The van der Waals surface area contributed by atoms with Crippen LogP contribution in [0.4, 0.5) is 16.2 Å². The highest BCUT2D eigenvalue weighted by atomic mass is 19.1. The molecule has 1 aromatic heterocycles. The molecule has 2 N–H and O–H groups in total. The van der Waals surface area contributed by atoms with Crippen LogP contribution in [0.15, 0.2) is 6.20 Å². The molecule has 0 aliphatic carbocycles. The number of hydrogen-bond donors (Lipinski definition) is 2. The maximum atomic E-state index is 13.7. The fourth-order valence-electron chi connectivity index (χ4n) is 1.70. The second-order valence-electron chi connectivity index (χ2n) is 5.18.